The highest BCUT2D eigenvalue weighted by Crippen LogP contribution is 2.24. The Morgan fingerprint density at radius 1 is 1.44 bits per heavy atom. The number of benzene rings is 1. The standard InChI is InChI=1S/C13H17N3O2/c14-10-2-1-3-11-12(10)16-13(18-11)15-6-4-9-5-7-17-8-9/h1-3,9H,4-8,14H2,(H,15,16). The maximum absolute atomic E-state index is 5.83. The van der Waals surface area contributed by atoms with Crippen molar-refractivity contribution >= 4 is 22.8 Å². The normalized spacial score (nSPS) is 19.4. The molecule has 1 unspecified atom stereocenters. The lowest BCUT2D eigenvalue weighted by Crippen LogP contribution is -2.09. The first-order chi connectivity index (χ1) is 8.83. The van der Waals surface area contributed by atoms with Gasteiger partial charge >= 0.3 is 0 Å². The summed E-state index contributed by atoms with van der Waals surface area (Å²) in [5, 5.41) is 3.20. The van der Waals surface area contributed by atoms with Gasteiger partial charge < -0.3 is 20.2 Å². The minimum Gasteiger partial charge on any atom is -0.423 e. The third kappa shape index (κ3) is 2.26. The molecule has 1 aliphatic rings. The number of nitrogens with one attached hydrogen (secondary N) is 1. The quantitative estimate of drug-likeness (QED) is 0.811. The van der Waals surface area contributed by atoms with E-state index in [1.165, 1.54) is 0 Å². The molecule has 1 aliphatic heterocycles. The fraction of sp³-hybridized carbons (Fsp3) is 0.462. The summed E-state index contributed by atoms with van der Waals surface area (Å²) < 4.78 is 10.9. The van der Waals surface area contributed by atoms with Gasteiger partial charge in [0.15, 0.2) is 5.58 Å². The first-order valence-electron chi connectivity index (χ1n) is 6.29. The number of rotatable bonds is 4. The van der Waals surface area contributed by atoms with E-state index < -0.39 is 0 Å². The zero-order valence-corrected chi connectivity index (χ0v) is 10.2. The second-order valence-electron chi connectivity index (χ2n) is 4.66. The van der Waals surface area contributed by atoms with E-state index in [0.29, 0.717) is 17.6 Å². The van der Waals surface area contributed by atoms with Crippen molar-refractivity contribution in [3.8, 4) is 0 Å². The topological polar surface area (TPSA) is 73.3 Å². The molecule has 3 N–H and O–H groups in total. The Labute approximate surface area is 105 Å². The average molecular weight is 247 g/mol. The van der Waals surface area contributed by atoms with Gasteiger partial charge in [0, 0.05) is 19.8 Å². The van der Waals surface area contributed by atoms with Crippen LogP contribution in [0.15, 0.2) is 22.6 Å². The zero-order chi connectivity index (χ0) is 12.4. The monoisotopic (exact) mass is 247 g/mol. The Kier molecular flexibility index (Phi) is 3.06. The van der Waals surface area contributed by atoms with Crippen molar-refractivity contribution in [3.05, 3.63) is 18.2 Å². The molecule has 1 fully saturated rings. The summed E-state index contributed by atoms with van der Waals surface area (Å²) in [6.45, 7) is 2.62. The van der Waals surface area contributed by atoms with Crippen LogP contribution < -0.4 is 11.1 Å². The second-order valence-corrected chi connectivity index (χ2v) is 4.66. The Morgan fingerprint density at radius 2 is 2.39 bits per heavy atom. The van der Waals surface area contributed by atoms with Gasteiger partial charge in [-0.15, -0.1) is 0 Å². The number of para-hydroxylation sites is 1. The molecule has 5 heteroatoms. The molecule has 2 aromatic rings. The molecule has 0 bridgehead atoms. The van der Waals surface area contributed by atoms with Crippen molar-refractivity contribution in [3.63, 3.8) is 0 Å². The highest BCUT2D eigenvalue weighted by Gasteiger charge is 2.15. The minimum absolute atomic E-state index is 0.543. The molecule has 5 nitrogen and oxygen atoms in total. The first kappa shape index (κ1) is 11.3. The van der Waals surface area contributed by atoms with Crippen LogP contribution >= 0.6 is 0 Å². The molecule has 1 aromatic heterocycles. The van der Waals surface area contributed by atoms with Crippen LogP contribution in [0.1, 0.15) is 12.8 Å². The van der Waals surface area contributed by atoms with Crippen LogP contribution in [-0.2, 0) is 4.74 Å². The molecule has 0 amide bonds. The van der Waals surface area contributed by atoms with Crippen molar-refractivity contribution in [1.82, 2.24) is 4.98 Å². The van der Waals surface area contributed by atoms with Crippen LogP contribution in [0, 0.1) is 5.92 Å². The number of nitrogens with two attached hydrogens (primary N) is 1. The van der Waals surface area contributed by atoms with Crippen molar-refractivity contribution in [2.75, 3.05) is 30.8 Å². The van der Waals surface area contributed by atoms with E-state index in [1.54, 1.807) is 0 Å². The number of aromatic nitrogens is 1. The second kappa shape index (κ2) is 4.86. The summed E-state index contributed by atoms with van der Waals surface area (Å²) in [7, 11) is 0. The predicted molar refractivity (Wildman–Crippen MR) is 70.5 cm³/mol. The SMILES string of the molecule is Nc1cccc2oc(NCCC3CCOC3)nc12. The number of nitrogen functional groups attached to an aromatic ring is 1. The van der Waals surface area contributed by atoms with Crippen LogP contribution in [0.4, 0.5) is 11.7 Å². The molecule has 1 atom stereocenters. The van der Waals surface area contributed by atoms with Crippen molar-refractivity contribution < 1.29 is 9.15 Å². The van der Waals surface area contributed by atoms with Crippen LogP contribution in [0.2, 0.25) is 0 Å². The van der Waals surface area contributed by atoms with Crippen LogP contribution in [0.3, 0.4) is 0 Å². The molecule has 2 heterocycles. The molecule has 0 saturated carbocycles. The highest BCUT2D eigenvalue weighted by atomic mass is 16.5. The number of fused-ring (bicyclic) bond motifs is 1. The molecule has 0 radical (unpaired) electrons. The summed E-state index contributed by atoms with van der Waals surface area (Å²) in [4.78, 5) is 4.34. The molecule has 3 rings (SSSR count). The van der Waals surface area contributed by atoms with Gasteiger partial charge in [0.05, 0.1) is 5.69 Å². The number of anilines is 2. The summed E-state index contributed by atoms with van der Waals surface area (Å²) in [5.41, 5.74) is 7.93. The molecule has 0 aliphatic carbocycles. The number of nitrogens with zero attached hydrogens (tertiary/aromatic N) is 1. The summed E-state index contributed by atoms with van der Waals surface area (Å²) in [5.74, 6) is 0.659. The Bertz CT molecular complexity index is 532. The fourth-order valence-electron chi connectivity index (χ4n) is 2.24. The van der Waals surface area contributed by atoms with Gasteiger partial charge in [0.1, 0.15) is 5.52 Å². The van der Waals surface area contributed by atoms with Crippen molar-refractivity contribution in [1.29, 1.82) is 0 Å². The van der Waals surface area contributed by atoms with Gasteiger partial charge in [-0.2, -0.15) is 4.98 Å². The van der Waals surface area contributed by atoms with Crippen LogP contribution in [0.5, 0.6) is 0 Å². The van der Waals surface area contributed by atoms with E-state index in [1.807, 2.05) is 18.2 Å². The van der Waals surface area contributed by atoms with Gasteiger partial charge in [0.25, 0.3) is 6.01 Å². The summed E-state index contributed by atoms with van der Waals surface area (Å²) in [6.07, 6.45) is 2.23. The lowest BCUT2D eigenvalue weighted by Gasteiger charge is -2.06. The largest absolute Gasteiger partial charge is 0.423 e. The molecular weight excluding hydrogens is 230 g/mol. The van der Waals surface area contributed by atoms with Gasteiger partial charge in [-0.1, -0.05) is 6.07 Å². The highest BCUT2D eigenvalue weighted by molar-refractivity contribution is 5.86. The number of hydrogen-bond acceptors (Lipinski definition) is 5. The average Bonchev–Trinajstić information content (AvgIpc) is 2.98. The third-order valence-corrected chi connectivity index (χ3v) is 3.30. The van der Waals surface area contributed by atoms with Gasteiger partial charge in [0.2, 0.25) is 0 Å². The van der Waals surface area contributed by atoms with Gasteiger partial charge in [-0.05, 0) is 30.9 Å². The predicted octanol–water partition coefficient (Wildman–Crippen LogP) is 2.25. The smallest absolute Gasteiger partial charge is 0.295 e. The maximum atomic E-state index is 5.83. The van der Waals surface area contributed by atoms with Crippen molar-refractivity contribution in [2.45, 2.75) is 12.8 Å². The van der Waals surface area contributed by atoms with Gasteiger partial charge in [-0.3, -0.25) is 0 Å². The van der Waals surface area contributed by atoms with E-state index in [-0.39, 0.29) is 0 Å². The molecular formula is C13H17N3O2. The molecule has 1 aromatic carbocycles. The lowest BCUT2D eigenvalue weighted by molar-refractivity contribution is 0.185. The molecule has 1 saturated heterocycles. The fourth-order valence-corrected chi connectivity index (χ4v) is 2.24. The Hall–Kier alpha value is -1.75. The van der Waals surface area contributed by atoms with Gasteiger partial charge in [-0.25, -0.2) is 0 Å². The van der Waals surface area contributed by atoms with E-state index in [9.17, 15) is 0 Å². The van der Waals surface area contributed by atoms with E-state index in [4.69, 9.17) is 14.9 Å². The van der Waals surface area contributed by atoms with E-state index >= 15 is 0 Å². The van der Waals surface area contributed by atoms with Crippen molar-refractivity contribution in [2.24, 2.45) is 5.92 Å². The van der Waals surface area contributed by atoms with E-state index in [0.717, 1.165) is 43.7 Å². The Balaban J connectivity index is 1.62. The summed E-state index contributed by atoms with van der Waals surface area (Å²) in [6, 6.07) is 6.10. The zero-order valence-electron chi connectivity index (χ0n) is 10.2. The molecule has 18 heavy (non-hydrogen) atoms. The third-order valence-electron chi connectivity index (χ3n) is 3.30. The lowest BCUT2D eigenvalue weighted by atomic mass is 10.1. The maximum Gasteiger partial charge on any atom is 0.295 e. The Morgan fingerprint density at radius 3 is 3.17 bits per heavy atom. The first-order valence-corrected chi connectivity index (χ1v) is 6.29. The number of ether oxygens (including phenoxy) is 1. The van der Waals surface area contributed by atoms with Crippen LogP contribution in [-0.4, -0.2) is 24.7 Å². The van der Waals surface area contributed by atoms with E-state index in [2.05, 4.69) is 10.3 Å². The number of hydrogen-bond donors (Lipinski definition) is 2. The minimum atomic E-state index is 0.543. The summed E-state index contributed by atoms with van der Waals surface area (Å²) >= 11 is 0. The molecule has 0 spiro atoms. The van der Waals surface area contributed by atoms with Crippen LogP contribution in [0.25, 0.3) is 11.1 Å². The molecule has 96 valence electrons. The number of oxazole rings is 1.